The smallest absolute Gasteiger partial charge is 0.184 e. The SMILES string of the molecule is O=C(CN=Cc1cc(Br)ccc1O)c1ccccc1. The Hall–Kier alpha value is -1.94. The summed E-state index contributed by atoms with van der Waals surface area (Å²) in [5, 5.41) is 9.62. The van der Waals surface area contributed by atoms with Crippen molar-refractivity contribution >= 4 is 27.9 Å². The van der Waals surface area contributed by atoms with Crippen LogP contribution < -0.4 is 0 Å². The van der Waals surface area contributed by atoms with Gasteiger partial charge in [-0.05, 0) is 18.2 Å². The molecule has 1 N–H and O–H groups in total. The number of nitrogens with zero attached hydrogens (tertiary/aromatic N) is 1. The maximum absolute atomic E-state index is 11.8. The molecule has 0 aliphatic heterocycles. The van der Waals surface area contributed by atoms with Gasteiger partial charge in [0.05, 0.1) is 0 Å². The Morgan fingerprint density at radius 2 is 1.95 bits per heavy atom. The van der Waals surface area contributed by atoms with E-state index in [0.29, 0.717) is 11.1 Å². The molecule has 19 heavy (non-hydrogen) atoms. The second kappa shape index (κ2) is 6.29. The van der Waals surface area contributed by atoms with Gasteiger partial charge in [-0.3, -0.25) is 9.79 Å². The fourth-order valence-corrected chi connectivity index (χ4v) is 1.95. The van der Waals surface area contributed by atoms with E-state index in [9.17, 15) is 9.90 Å². The first-order valence-corrected chi connectivity index (χ1v) is 6.53. The summed E-state index contributed by atoms with van der Waals surface area (Å²) < 4.78 is 0.848. The molecule has 0 atom stereocenters. The van der Waals surface area contributed by atoms with E-state index >= 15 is 0 Å². The number of phenolic OH excluding ortho intramolecular Hbond substituents is 1. The standard InChI is InChI=1S/C15H12BrNO2/c16-13-6-7-14(18)12(8-13)9-17-10-15(19)11-4-2-1-3-5-11/h1-9,18H,10H2. The Kier molecular flexibility index (Phi) is 4.47. The molecule has 2 aromatic rings. The maximum atomic E-state index is 11.8. The summed E-state index contributed by atoms with van der Waals surface area (Å²) in [5.41, 5.74) is 1.22. The number of rotatable bonds is 4. The lowest BCUT2D eigenvalue weighted by molar-refractivity contribution is 0.100. The molecule has 0 radical (unpaired) electrons. The number of carbonyl (C=O) groups excluding carboxylic acids is 1. The predicted molar refractivity (Wildman–Crippen MR) is 79.0 cm³/mol. The molecule has 0 saturated carbocycles. The first kappa shape index (κ1) is 13.5. The summed E-state index contributed by atoms with van der Waals surface area (Å²) >= 11 is 3.31. The Labute approximate surface area is 119 Å². The fourth-order valence-electron chi connectivity index (χ4n) is 1.57. The van der Waals surface area contributed by atoms with E-state index in [0.717, 1.165) is 4.47 Å². The summed E-state index contributed by atoms with van der Waals surface area (Å²) in [6.45, 7) is 0.0654. The van der Waals surface area contributed by atoms with Crippen molar-refractivity contribution in [2.75, 3.05) is 6.54 Å². The number of ketones is 1. The van der Waals surface area contributed by atoms with E-state index in [1.807, 2.05) is 18.2 Å². The van der Waals surface area contributed by atoms with Crippen molar-refractivity contribution < 1.29 is 9.90 Å². The van der Waals surface area contributed by atoms with E-state index in [2.05, 4.69) is 20.9 Å². The van der Waals surface area contributed by atoms with Crippen LogP contribution in [0.4, 0.5) is 0 Å². The van der Waals surface area contributed by atoms with Gasteiger partial charge in [-0.2, -0.15) is 0 Å². The fraction of sp³-hybridized carbons (Fsp3) is 0.0667. The number of Topliss-reactive ketones (excluding diaryl/α,β-unsaturated/α-hetero) is 1. The zero-order chi connectivity index (χ0) is 13.7. The second-order valence-corrected chi connectivity index (χ2v) is 4.88. The van der Waals surface area contributed by atoms with Gasteiger partial charge in [0.2, 0.25) is 0 Å². The van der Waals surface area contributed by atoms with E-state index in [4.69, 9.17) is 0 Å². The average Bonchev–Trinajstić information content (AvgIpc) is 2.43. The second-order valence-electron chi connectivity index (χ2n) is 3.96. The van der Waals surface area contributed by atoms with Crippen LogP contribution in [0.1, 0.15) is 15.9 Å². The van der Waals surface area contributed by atoms with Gasteiger partial charge in [-0.1, -0.05) is 46.3 Å². The largest absolute Gasteiger partial charge is 0.507 e. The van der Waals surface area contributed by atoms with Crippen LogP contribution in [0.25, 0.3) is 0 Å². The Bertz CT molecular complexity index is 609. The van der Waals surface area contributed by atoms with Crippen LogP contribution in [-0.4, -0.2) is 23.6 Å². The van der Waals surface area contributed by atoms with Gasteiger partial charge in [0.25, 0.3) is 0 Å². The van der Waals surface area contributed by atoms with E-state index in [1.165, 1.54) is 6.21 Å². The molecule has 0 amide bonds. The van der Waals surface area contributed by atoms with Crippen molar-refractivity contribution in [1.82, 2.24) is 0 Å². The molecule has 0 heterocycles. The minimum absolute atomic E-state index is 0.0497. The lowest BCUT2D eigenvalue weighted by Gasteiger charge is -1.99. The number of phenols is 1. The van der Waals surface area contributed by atoms with Crippen molar-refractivity contribution in [3.05, 3.63) is 64.1 Å². The number of benzene rings is 2. The molecule has 96 valence electrons. The summed E-state index contributed by atoms with van der Waals surface area (Å²) in [7, 11) is 0. The van der Waals surface area contributed by atoms with Crippen LogP contribution in [0.3, 0.4) is 0 Å². The zero-order valence-corrected chi connectivity index (χ0v) is 11.7. The molecule has 2 aromatic carbocycles. The average molecular weight is 318 g/mol. The highest BCUT2D eigenvalue weighted by Crippen LogP contribution is 2.20. The van der Waals surface area contributed by atoms with Gasteiger partial charge in [0, 0.05) is 21.8 Å². The maximum Gasteiger partial charge on any atom is 0.184 e. The number of halogens is 1. The molecular formula is C15H12BrNO2. The Morgan fingerprint density at radius 1 is 1.21 bits per heavy atom. The predicted octanol–water partition coefficient (Wildman–Crippen LogP) is 3.46. The molecule has 0 unspecified atom stereocenters. The molecule has 0 saturated heterocycles. The Balaban J connectivity index is 2.04. The summed E-state index contributed by atoms with van der Waals surface area (Å²) in [5.74, 6) is 0.0884. The minimum atomic E-state index is -0.0497. The van der Waals surface area contributed by atoms with Crippen molar-refractivity contribution in [1.29, 1.82) is 0 Å². The topological polar surface area (TPSA) is 49.7 Å². The number of aliphatic imine (C=N–C) groups is 1. The third-order valence-electron chi connectivity index (χ3n) is 2.55. The van der Waals surface area contributed by atoms with Crippen molar-refractivity contribution in [3.8, 4) is 5.75 Å². The first-order chi connectivity index (χ1) is 9.16. The monoisotopic (exact) mass is 317 g/mol. The third-order valence-corrected chi connectivity index (χ3v) is 3.04. The molecular weight excluding hydrogens is 306 g/mol. The van der Waals surface area contributed by atoms with Gasteiger partial charge in [0.1, 0.15) is 12.3 Å². The van der Waals surface area contributed by atoms with Gasteiger partial charge in [-0.15, -0.1) is 0 Å². The minimum Gasteiger partial charge on any atom is -0.507 e. The highest BCUT2D eigenvalue weighted by atomic mass is 79.9. The van der Waals surface area contributed by atoms with Crippen LogP contribution in [0.5, 0.6) is 5.75 Å². The molecule has 2 rings (SSSR count). The molecule has 0 bridgehead atoms. The first-order valence-electron chi connectivity index (χ1n) is 5.73. The molecule has 0 fully saturated rings. The highest BCUT2D eigenvalue weighted by Gasteiger charge is 2.03. The normalized spacial score (nSPS) is 10.8. The van der Waals surface area contributed by atoms with Gasteiger partial charge < -0.3 is 5.11 Å². The van der Waals surface area contributed by atoms with Crippen LogP contribution in [0.2, 0.25) is 0 Å². The lowest BCUT2D eigenvalue weighted by atomic mass is 10.1. The Morgan fingerprint density at radius 3 is 2.68 bits per heavy atom. The van der Waals surface area contributed by atoms with E-state index in [-0.39, 0.29) is 18.1 Å². The van der Waals surface area contributed by atoms with E-state index in [1.54, 1.807) is 30.3 Å². The van der Waals surface area contributed by atoms with Crippen LogP contribution in [0.15, 0.2) is 58.0 Å². The number of hydrogen-bond acceptors (Lipinski definition) is 3. The van der Waals surface area contributed by atoms with Crippen molar-refractivity contribution in [2.45, 2.75) is 0 Å². The van der Waals surface area contributed by atoms with Crippen LogP contribution in [-0.2, 0) is 0 Å². The third kappa shape index (κ3) is 3.76. The van der Waals surface area contributed by atoms with Crippen molar-refractivity contribution in [2.24, 2.45) is 4.99 Å². The molecule has 3 nitrogen and oxygen atoms in total. The summed E-state index contributed by atoms with van der Waals surface area (Å²) in [4.78, 5) is 15.9. The van der Waals surface area contributed by atoms with Crippen LogP contribution >= 0.6 is 15.9 Å². The number of carbonyl (C=O) groups is 1. The number of hydrogen-bond donors (Lipinski definition) is 1. The zero-order valence-electron chi connectivity index (χ0n) is 10.1. The summed E-state index contributed by atoms with van der Waals surface area (Å²) in [6, 6.07) is 14.1. The molecule has 4 heteroatoms. The summed E-state index contributed by atoms with van der Waals surface area (Å²) in [6.07, 6.45) is 1.50. The van der Waals surface area contributed by atoms with Gasteiger partial charge >= 0.3 is 0 Å². The van der Waals surface area contributed by atoms with Gasteiger partial charge in [0.15, 0.2) is 5.78 Å². The molecule has 0 aromatic heterocycles. The molecule has 0 spiro atoms. The molecule has 0 aliphatic rings. The quantitative estimate of drug-likeness (QED) is 0.693. The highest BCUT2D eigenvalue weighted by molar-refractivity contribution is 9.10. The number of aromatic hydroxyl groups is 1. The van der Waals surface area contributed by atoms with E-state index < -0.39 is 0 Å². The van der Waals surface area contributed by atoms with Crippen LogP contribution in [0, 0.1) is 0 Å². The lowest BCUT2D eigenvalue weighted by Crippen LogP contribution is -2.03. The van der Waals surface area contributed by atoms with Gasteiger partial charge in [-0.25, -0.2) is 0 Å². The van der Waals surface area contributed by atoms with Crippen molar-refractivity contribution in [3.63, 3.8) is 0 Å². The molecule has 0 aliphatic carbocycles.